The molecule has 2 atom stereocenters. The number of benzene rings is 1. The molecule has 2 unspecified atom stereocenters. The maximum absolute atomic E-state index is 10.6. The van der Waals surface area contributed by atoms with Gasteiger partial charge in [-0.1, -0.05) is 30.7 Å². The van der Waals surface area contributed by atoms with Gasteiger partial charge in [-0.05, 0) is 50.4 Å². The molecule has 3 heteroatoms. The Morgan fingerprint density at radius 2 is 2.05 bits per heavy atom. The number of hydrogen-bond acceptors (Lipinski definition) is 3. The van der Waals surface area contributed by atoms with Crippen LogP contribution in [0.25, 0.3) is 0 Å². The third-order valence-corrected chi connectivity index (χ3v) is 5.35. The van der Waals surface area contributed by atoms with Crippen molar-refractivity contribution < 1.29 is 5.11 Å². The van der Waals surface area contributed by atoms with Crippen molar-refractivity contribution in [2.45, 2.75) is 43.7 Å². The summed E-state index contributed by atoms with van der Waals surface area (Å²) < 4.78 is 0. The van der Waals surface area contributed by atoms with Crippen molar-refractivity contribution in [2.75, 3.05) is 33.7 Å². The van der Waals surface area contributed by atoms with Crippen molar-refractivity contribution in [3.8, 4) is 0 Å². The average molecular weight is 288 g/mol. The summed E-state index contributed by atoms with van der Waals surface area (Å²) in [5.74, 6) is 0.737. The smallest absolute Gasteiger partial charge is 0.0805 e. The van der Waals surface area contributed by atoms with Crippen LogP contribution in [0.3, 0.4) is 0 Å². The molecule has 21 heavy (non-hydrogen) atoms. The number of piperazine rings is 1. The monoisotopic (exact) mass is 288 g/mol. The third kappa shape index (κ3) is 3.47. The van der Waals surface area contributed by atoms with Crippen LogP contribution in [0.2, 0.25) is 0 Å². The molecule has 0 bridgehead atoms. The van der Waals surface area contributed by atoms with E-state index >= 15 is 0 Å². The van der Waals surface area contributed by atoms with Crippen LogP contribution < -0.4 is 0 Å². The number of rotatable bonds is 4. The topological polar surface area (TPSA) is 26.7 Å². The molecule has 1 saturated carbocycles. The number of likely N-dealkylation sites (N-methyl/N-ethyl adjacent to an activating group) is 2. The van der Waals surface area contributed by atoms with Gasteiger partial charge in [0.05, 0.1) is 6.10 Å². The molecule has 116 valence electrons. The Balaban J connectivity index is 1.65. The fourth-order valence-electron chi connectivity index (χ4n) is 3.51. The van der Waals surface area contributed by atoms with E-state index in [1.54, 1.807) is 0 Å². The lowest BCUT2D eigenvalue weighted by atomic mass is 9.79. The quantitative estimate of drug-likeness (QED) is 0.922. The van der Waals surface area contributed by atoms with Gasteiger partial charge in [-0.15, -0.1) is 0 Å². The number of hydrogen-bond donors (Lipinski definition) is 1. The fourth-order valence-corrected chi connectivity index (χ4v) is 3.51. The first-order valence-electron chi connectivity index (χ1n) is 8.30. The molecule has 1 aromatic rings. The lowest BCUT2D eigenvalue weighted by Crippen LogP contribution is -2.50. The highest BCUT2D eigenvalue weighted by molar-refractivity contribution is 5.29. The zero-order chi connectivity index (χ0) is 14.8. The third-order valence-electron chi connectivity index (χ3n) is 5.35. The van der Waals surface area contributed by atoms with Crippen LogP contribution in [0.4, 0.5) is 0 Å². The second kappa shape index (κ2) is 6.47. The van der Waals surface area contributed by atoms with Crippen molar-refractivity contribution in [2.24, 2.45) is 0 Å². The Hall–Kier alpha value is -0.900. The second-order valence-corrected chi connectivity index (χ2v) is 6.95. The standard InChI is InChI=1S/C18H28N2O/c1-19-9-10-20(2)17(13-19)12-18(21)16-8-4-7-15(11-16)14-5-3-6-14/h4,7-8,11,14,17-18,21H,3,5-6,9-10,12-13H2,1-2H3. The van der Waals surface area contributed by atoms with E-state index < -0.39 is 0 Å². The summed E-state index contributed by atoms with van der Waals surface area (Å²) in [6, 6.07) is 9.11. The van der Waals surface area contributed by atoms with Crippen LogP contribution in [0.1, 0.15) is 48.8 Å². The van der Waals surface area contributed by atoms with Gasteiger partial charge in [-0.3, -0.25) is 0 Å². The van der Waals surface area contributed by atoms with Crippen LogP contribution in [0, 0.1) is 0 Å². The van der Waals surface area contributed by atoms with E-state index in [1.165, 1.54) is 24.8 Å². The van der Waals surface area contributed by atoms with Gasteiger partial charge in [0.2, 0.25) is 0 Å². The predicted molar refractivity (Wildman–Crippen MR) is 86.5 cm³/mol. The molecule has 1 heterocycles. The van der Waals surface area contributed by atoms with Crippen LogP contribution in [0.5, 0.6) is 0 Å². The van der Waals surface area contributed by atoms with E-state index in [9.17, 15) is 5.11 Å². The van der Waals surface area contributed by atoms with Crippen LogP contribution in [0.15, 0.2) is 24.3 Å². The Bertz CT molecular complexity index is 472. The van der Waals surface area contributed by atoms with E-state index in [0.29, 0.717) is 6.04 Å². The number of aliphatic hydroxyl groups excluding tert-OH is 1. The Labute approximate surface area is 128 Å². The molecule has 0 spiro atoms. The van der Waals surface area contributed by atoms with Crippen LogP contribution in [-0.2, 0) is 0 Å². The largest absolute Gasteiger partial charge is 0.388 e. The summed E-state index contributed by atoms with van der Waals surface area (Å²) >= 11 is 0. The zero-order valence-electron chi connectivity index (χ0n) is 13.3. The van der Waals surface area contributed by atoms with E-state index in [-0.39, 0.29) is 6.10 Å². The maximum atomic E-state index is 10.6. The molecule has 2 aliphatic rings. The van der Waals surface area contributed by atoms with Gasteiger partial charge in [0, 0.05) is 25.7 Å². The van der Waals surface area contributed by atoms with Crippen molar-refractivity contribution in [3.05, 3.63) is 35.4 Å². The van der Waals surface area contributed by atoms with Gasteiger partial charge < -0.3 is 14.9 Å². The summed E-state index contributed by atoms with van der Waals surface area (Å²) in [7, 11) is 4.35. The lowest BCUT2D eigenvalue weighted by molar-refractivity contribution is 0.0634. The molecule has 3 nitrogen and oxygen atoms in total. The molecule has 0 aromatic heterocycles. The normalized spacial score (nSPS) is 26.5. The molecule has 1 aromatic carbocycles. The Morgan fingerprint density at radius 1 is 1.24 bits per heavy atom. The molecular weight excluding hydrogens is 260 g/mol. The zero-order valence-corrected chi connectivity index (χ0v) is 13.3. The summed E-state index contributed by atoms with van der Waals surface area (Å²) in [6.45, 7) is 3.27. The molecule has 1 saturated heterocycles. The minimum atomic E-state index is -0.344. The molecule has 1 N–H and O–H groups in total. The summed E-state index contributed by atoms with van der Waals surface area (Å²) in [6.07, 6.45) is 4.47. The summed E-state index contributed by atoms with van der Waals surface area (Å²) in [4.78, 5) is 4.75. The SMILES string of the molecule is CN1CCN(C)C(CC(O)c2cccc(C3CCC3)c2)C1. The minimum Gasteiger partial charge on any atom is -0.388 e. The summed E-state index contributed by atoms with van der Waals surface area (Å²) in [5, 5.41) is 10.6. The molecule has 1 aliphatic heterocycles. The Kier molecular flexibility index (Phi) is 4.63. The summed E-state index contributed by atoms with van der Waals surface area (Å²) in [5.41, 5.74) is 2.52. The van der Waals surface area contributed by atoms with Gasteiger partial charge in [0.1, 0.15) is 0 Å². The van der Waals surface area contributed by atoms with Crippen LogP contribution in [-0.4, -0.2) is 54.7 Å². The molecule has 0 radical (unpaired) electrons. The van der Waals surface area contributed by atoms with Crippen molar-refractivity contribution in [1.82, 2.24) is 9.80 Å². The highest BCUT2D eigenvalue weighted by Crippen LogP contribution is 2.37. The van der Waals surface area contributed by atoms with Gasteiger partial charge in [0.15, 0.2) is 0 Å². The molecule has 3 rings (SSSR count). The highest BCUT2D eigenvalue weighted by Gasteiger charge is 2.26. The molecular formula is C18H28N2O. The number of aliphatic hydroxyl groups is 1. The van der Waals surface area contributed by atoms with E-state index in [1.807, 2.05) is 0 Å². The minimum absolute atomic E-state index is 0.344. The average Bonchev–Trinajstić information content (AvgIpc) is 2.41. The van der Waals surface area contributed by atoms with Gasteiger partial charge in [-0.25, -0.2) is 0 Å². The van der Waals surface area contributed by atoms with E-state index in [2.05, 4.69) is 48.2 Å². The van der Waals surface area contributed by atoms with Crippen molar-refractivity contribution in [1.29, 1.82) is 0 Å². The first kappa shape index (κ1) is 15.0. The second-order valence-electron chi connectivity index (χ2n) is 6.95. The highest BCUT2D eigenvalue weighted by atomic mass is 16.3. The Morgan fingerprint density at radius 3 is 2.76 bits per heavy atom. The molecule has 2 fully saturated rings. The fraction of sp³-hybridized carbons (Fsp3) is 0.667. The first-order chi connectivity index (χ1) is 10.1. The molecule has 1 aliphatic carbocycles. The molecule has 0 amide bonds. The maximum Gasteiger partial charge on any atom is 0.0805 e. The van der Waals surface area contributed by atoms with Gasteiger partial charge in [0.25, 0.3) is 0 Å². The van der Waals surface area contributed by atoms with Crippen LogP contribution >= 0.6 is 0 Å². The lowest BCUT2D eigenvalue weighted by Gasteiger charge is -2.38. The van der Waals surface area contributed by atoms with Crippen molar-refractivity contribution >= 4 is 0 Å². The predicted octanol–water partition coefficient (Wildman–Crippen LogP) is 2.62. The van der Waals surface area contributed by atoms with Gasteiger partial charge in [-0.2, -0.15) is 0 Å². The first-order valence-corrected chi connectivity index (χ1v) is 8.30. The van der Waals surface area contributed by atoms with Gasteiger partial charge >= 0.3 is 0 Å². The van der Waals surface area contributed by atoms with E-state index in [0.717, 1.165) is 37.5 Å². The van der Waals surface area contributed by atoms with Crippen molar-refractivity contribution in [3.63, 3.8) is 0 Å². The number of nitrogens with zero attached hydrogens (tertiary/aromatic N) is 2. The van der Waals surface area contributed by atoms with E-state index in [4.69, 9.17) is 0 Å².